The highest BCUT2D eigenvalue weighted by molar-refractivity contribution is 7.92. The summed E-state index contributed by atoms with van der Waals surface area (Å²) in [4.78, 5) is 13.8. The number of halogens is 1. The van der Waals surface area contributed by atoms with Crippen molar-refractivity contribution in [2.75, 3.05) is 10.0 Å². The van der Waals surface area contributed by atoms with E-state index >= 15 is 0 Å². The number of pyridine rings is 1. The van der Waals surface area contributed by atoms with Crippen LogP contribution in [0.2, 0.25) is 5.02 Å². The van der Waals surface area contributed by atoms with Crippen molar-refractivity contribution < 1.29 is 8.42 Å². The van der Waals surface area contributed by atoms with Crippen LogP contribution < -0.4 is 15.8 Å². The lowest BCUT2D eigenvalue weighted by molar-refractivity contribution is 0.410. The van der Waals surface area contributed by atoms with Crippen LogP contribution >= 0.6 is 11.6 Å². The summed E-state index contributed by atoms with van der Waals surface area (Å²) in [6.07, 6.45) is 8.44. The van der Waals surface area contributed by atoms with Crippen LogP contribution in [0.25, 0.3) is 22.0 Å². The smallest absolute Gasteiger partial charge is 0.264 e. The van der Waals surface area contributed by atoms with Crippen LogP contribution in [0.5, 0.6) is 0 Å². The molecule has 4 N–H and O–H groups in total. The average molecular weight is 551 g/mol. The fourth-order valence-corrected chi connectivity index (χ4v) is 6.45. The van der Waals surface area contributed by atoms with Crippen molar-refractivity contribution >= 4 is 44.3 Å². The number of nitrogens with zero attached hydrogens (tertiary/aromatic N) is 3. The number of aryl methyl sites for hydroxylation is 2. The molecule has 1 aliphatic carbocycles. The maximum atomic E-state index is 12.8. The van der Waals surface area contributed by atoms with Crippen LogP contribution in [-0.4, -0.2) is 35.5 Å². The number of aromatic nitrogens is 3. The third-order valence-electron chi connectivity index (χ3n) is 7.03. The first-order chi connectivity index (χ1) is 18.2. The van der Waals surface area contributed by atoms with Crippen LogP contribution in [-0.2, 0) is 16.4 Å². The van der Waals surface area contributed by atoms with Gasteiger partial charge < -0.3 is 11.1 Å². The predicted molar refractivity (Wildman–Crippen MR) is 153 cm³/mol. The predicted octanol–water partition coefficient (Wildman–Crippen LogP) is 5.70. The van der Waals surface area contributed by atoms with Crippen molar-refractivity contribution in [1.82, 2.24) is 15.0 Å². The van der Waals surface area contributed by atoms with E-state index in [1.54, 1.807) is 24.4 Å². The molecule has 0 atom stereocenters. The van der Waals surface area contributed by atoms with Gasteiger partial charge in [-0.05, 0) is 86.1 Å². The van der Waals surface area contributed by atoms with Crippen molar-refractivity contribution in [2.24, 2.45) is 5.73 Å². The topological polar surface area (TPSA) is 123 Å². The van der Waals surface area contributed by atoms with E-state index in [0.717, 1.165) is 65.3 Å². The monoisotopic (exact) mass is 550 g/mol. The highest BCUT2D eigenvalue weighted by atomic mass is 35.5. The lowest BCUT2D eigenvalue weighted by atomic mass is 9.92. The van der Waals surface area contributed by atoms with E-state index in [-0.39, 0.29) is 15.7 Å². The molecule has 0 spiro atoms. The Hall–Kier alpha value is -3.27. The van der Waals surface area contributed by atoms with Gasteiger partial charge in [-0.25, -0.2) is 23.4 Å². The number of hydrogen-bond donors (Lipinski definition) is 3. The van der Waals surface area contributed by atoms with E-state index < -0.39 is 10.0 Å². The Morgan fingerprint density at radius 2 is 1.82 bits per heavy atom. The van der Waals surface area contributed by atoms with Crippen LogP contribution in [0.3, 0.4) is 0 Å². The number of anilines is 2. The summed E-state index contributed by atoms with van der Waals surface area (Å²) < 4.78 is 28.2. The first kappa shape index (κ1) is 26.3. The molecule has 198 valence electrons. The highest BCUT2D eigenvalue weighted by Gasteiger charge is 2.20. The van der Waals surface area contributed by atoms with Gasteiger partial charge in [0.15, 0.2) is 0 Å². The summed E-state index contributed by atoms with van der Waals surface area (Å²) in [5.74, 6) is 0.874. The average Bonchev–Trinajstić information content (AvgIpc) is 2.89. The Balaban J connectivity index is 1.41. The van der Waals surface area contributed by atoms with Gasteiger partial charge in [0.05, 0.1) is 10.5 Å². The maximum Gasteiger partial charge on any atom is 0.264 e. The van der Waals surface area contributed by atoms with Crippen LogP contribution in [0.4, 0.5) is 11.8 Å². The lowest BCUT2D eigenvalue weighted by Crippen LogP contribution is -2.33. The summed E-state index contributed by atoms with van der Waals surface area (Å²) in [7, 11) is -3.87. The minimum absolute atomic E-state index is 0.00762. The summed E-state index contributed by atoms with van der Waals surface area (Å²) in [5, 5.41) is 4.58. The molecular formula is C28H31ClN6O2S. The Morgan fingerprint density at radius 1 is 1.05 bits per heavy atom. The van der Waals surface area contributed by atoms with Gasteiger partial charge in [0.25, 0.3) is 10.0 Å². The largest absolute Gasteiger partial charge is 0.351 e. The van der Waals surface area contributed by atoms with E-state index in [1.165, 1.54) is 12.1 Å². The first-order valence-electron chi connectivity index (χ1n) is 12.8. The zero-order chi connectivity index (χ0) is 26.9. The number of hydrogen-bond acceptors (Lipinski definition) is 7. The zero-order valence-electron chi connectivity index (χ0n) is 21.4. The minimum atomic E-state index is -3.87. The molecule has 10 heteroatoms. The summed E-state index contributed by atoms with van der Waals surface area (Å²) >= 11 is 6.09. The van der Waals surface area contributed by atoms with Crippen molar-refractivity contribution in [3.8, 4) is 11.1 Å². The molecule has 0 unspecified atom stereocenters. The van der Waals surface area contributed by atoms with Crippen LogP contribution in [0.15, 0.2) is 59.8 Å². The molecule has 2 aromatic carbocycles. The fourth-order valence-electron chi connectivity index (χ4n) is 4.93. The molecule has 0 aliphatic heterocycles. The highest BCUT2D eigenvalue weighted by Crippen LogP contribution is 2.31. The van der Waals surface area contributed by atoms with E-state index in [0.29, 0.717) is 18.0 Å². The van der Waals surface area contributed by atoms with Gasteiger partial charge in [-0.15, -0.1) is 0 Å². The van der Waals surface area contributed by atoms with E-state index in [1.807, 2.05) is 13.1 Å². The SMILES string of the molecule is CCc1cc(-c2cnc(NS(=O)(=O)c3ccccc3Cl)cc2C)cc2cnc(NC3CCC(N)CC3)nc12. The summed E-state index contributed by atoms with van der Waals surface area (Å²) in [6.45, 7) is 4.04. The third kappa shape index (κ3) is 5.60. The van der Waals surface area contributed by atoms with Gasteiger partial charge in [0.1, 0.15) is 10.7 Å². The normalized spacial score (nSPS) is 17.9. The second-order valence-electron chi connectivity index (χ2n) is 9.80. The van der Waals surface area contributed by atoms with Gasteiger partial charge >= 0.3 is 0 Å². The molecule has 1 aliphatic rings. The summed E-state index contributed by atoms with van der Waals surface area (Å²) in [5.41, 5.74) is 10.8. The molecule has 0 radical (unpaired) electrons. The Morgan fingerprint density at radius 3 is 2.53 bits per heavy atom. The summed E-state index contributed by atoms with van der Waals surface area (Å²) in [6, 6.07) is 12.8. The van der Waals surface area contributed by atoms with Crippen molar-refractivity contribution in [3.63, 3.8) is 0 Å². The number of fused-ring (bicyclic) bond motifs is 1. The fraction of sp³-hybridized carbons (Fsp3) is 0.321. The van der Waals surface area contributed by atoms with E-state index in [4.69, 9.17) is 22.3 Å². The molecule has 1 saturated carbocycles. The maximum absolute atomic E-state index is 12.8. The quantitative estimate of drug-likeness (QED) is 0.270. The molecule has 4 aromatic rings. The zero-order valence-corrected chi connectivity index (χ0v) is 23.0. The second-order valence-corrected chi connectivity index (χ2v) is 11.9. The van der Waals surface area contributed by atoms with Gasteiger partial charge in [0.2, 0.25) is 5.95 Å². The minimum Gasteiger partial charge on any atom is -0.351 e. The van der Waals surface area contributed by atoms with E-state index in [2.05, 4.69) is 39.1 Å². The van der Waals surface area contributed by atoms with Crippen LogP contribution in [0, 0.1) is 6.92 Å². The molecule has 2 heterocycles. The van der Waals surface area contributed by atoms with Crippen molar-refractivity contribution in [2.45, 2.75) is 62.9 Å². The Labute approximate surface area is 228 Å². The molecule has 0 bridgehead atoms. The molecule has 0 saturated heterocycles. The Kier molecular flexibility index (Phi) is 7.52. The Bertz CT molecular complexity index is 1590. The van der Waals surface area contributed by atoms with Crippen molar-refractivity contribution in [3.05, 3.63) is 71.0 Å². The molecular weight excluding hydrogens is 520 g/mol. The standard InChI is InChI=1S/C28H31ClN6O2S/c1-3-18-13-19(14-20-15-32-28(34-27(18)20)33-22-10-8-21(30)9-11-22)23-16-31-26(12-17(23)2)35-38(36,37)25-7-5-4-6-24(25)29/h4-7,12-16,21-22H,3,8-11,30H2,1-2H3,(H,31,35)(H,32,33,34). The molecule has 38 heavy (non-hydrogen) atoms. The number of nitrogens with two attached hydrogens (primary N) is 1. The lowest BCUT2D eigenvalue weighted by Gasteiger charge is -2.26. The van der Waals surface area contributed by atoms with Gasteiger partial charge in [-0.1, -0.05) is 30.7 Å². The van der Waals surface area contributed by atoms with Crippen LogP contribution in [0.1, 0.15) is 43.7 Å². The van der Waals surface area contributed by atoms with Crippen molar-refractivity contribution in [1.29, 1.82) is 0 Å². The number of benzene rings is 2. The molecule has 8 nitrogen and oxygen atoms in total. The number of rotatable bonds is 7. The van der Waals surface area contributed by atoms with Gasteiger partial charge in [-0.2, -0.15) is 0 Å². The van der Waals surface area contributed by atoms with E-state index in [9.17, 15) is 8.42 Å². The second kappa shape index (κ2) is 10.8. The molecule has 1 fully saturated rings. The third-order valence-corrected chi connectivity index (χ3v) is 8.89. The first-order valence-corrected chi connectivity index (χ1v) is 14.7. The van der Waals surface area contributed by atoms with Gasteiger partial charge in [0, 0.05) is 35.4 Å². The molecule has 0 amide bonds. The van der Waals surface area contributed by atoms with Gasteiger partial charge in [-0.3, -0.25) is 4.72 Å². The molecule has 5 rings (SSSR count). The molecule has 2 aromatic heterocycles. The number of nitrogens with one attached hydrogen (secondary N) is 2. The number of sulfonamides is 1.